The number of rotatable bonds is 9. The van der Waals surface area contributed by atoms with E-state index in [1.807, 2.05) is 30.3 Å². The second kappa shape index (κ2) is 10.5. The highest BCUT2D eigenvalue weighted by atomic mass is 16.5. The van der Waals surface area contributed by atoms with Crippen LogP contribution in [0.2, 0.25) is 0 Å². The van der Waals surface area contributed by atoms with Gasteiger partial charge in [-0.3, -0.25) is 19.1 Å². The van der Waals surface area contributed by atoms with Gasteiger partial charge < -0.3 is 19.8 Å². The molecule has 1 amide bonds. The largest absolute Gasteiger partial charge is 0.462 e. The summed E-state index contributed by atoms with van der Waals surface area (Å²) in [5.74, 6) is 0.652. The minimum atomic E-state index is -0.732. The molecule has 0 aliphatic carbocycles. The van der Waals surface area contributed by atoms with Crippen molar-refractivity contribution in [2.24, 2.45) is 0 Å². The molecule has 9 heteroatoms. The Labute approximate surface area is 184 Å². The van der Waals surface area contributed by atoms with E-state index in [2.05, 4.69) is 4.98 Å². The van der Waals surface area contributed by atoms with E-state index in [0.717, 1.165) is 5.56 Å². The van der Waals surface area contributed by atoms with Crippen molar-refractivity contribution in [2.75, 3.05) is 30.9 Å². The maximum absolute atomic E-state index is 13.0. The van der Waals surface area contributed by atoms with Crippen molar-refractivity contribution in [3.8, 4) is 0 Å². The molecule has 0 radical (unpaired) electrons. The zero-order valence-electron chi connectivity index (χ0n) is 18.0. The summed E-state index contributed by atoms with van der Waals surface area (Å²) in [5, 5.41) is 0. The number of furan rings is 1. The third kappa shape index (κ3) is 5.44. The van der Waals surface area contributed by atoms with E-state index < -0.39 is 17.2 Å². The van der Waals surface area contributed by atoms with Crippen molar-refractivity contribution in [3.05, 3.63) is 86.5 Å². The summed E-state index contributed by atoms with van der Waals surface area (Å²) in [6.07, 6.45) is 3.28. The maximum atomic E-state index is 13.0. The van der Waals surface area contributed by atoms with Gasteiger partial charge in [0.25, 0.3) is 11.5 Å². The van der Waals surface area contributed by atoms with Crippen molar-refractivity contribution >= 4 is 23.5 Å². The number of hydrogen-bond acceptors (Lipinski definition) is 6. The molecular formula is C23H26N4O5. The molecule has 0 aliphatic heterocycles. The molecule has 3 aromatic rings. The second-order valence-electron chi connectivity index (χ2n) is 7.18. The lowest BCUT2D eigenvalue weighted by molar-refractivity contribution is -0.114. The van der Waals surface area contributed by atoms with E-state index in [4.69, 9.17) is 14.9 Å². The Morgan fingerprint density at radius 2 is 1.97 bits per heavy atom. The number of hydrogen-bond donors (Lipinski definition) is 2. The molecule has 1 aromatic carbocycles. The number of nitrogen functional groups attached to an aromatic ring is 1. The van der Waals surface area contributed by atoms with Crippen LogP contribution in [0, 0.1) is 6.92 Å². The van der Waals surface area contributed by atoms with Crippen LogP contribution in [0.1, 0.15) is 23.5 Å². The van der Waals surface area contributed by atoms with Crippen molar-refractivity contribution in [2.45, 2.75) is 19.9 Å². The lowest BCUT2D eigenvalue weighted by atomic mass is 10.2. The minimum Gasteiger partial charge on any atom is -0.462 e. The summed E-state index contributed by atoms with van der Waals surface area (Å²) in [6.45, 7) is 2.50. The van der Waals surface area contributed by atoms with Gasteiger partial charge in [0.15, 0.2) is 5.69 Å². The Balaban J connectivity index is 2.00. The number of methoxy groups -OCH3 is 1. The molecule has 0 fully saturated rings. The fourth-order valence-electron chi connectivity index (χ4n) is 3.25. The molecule has 0 aliphatic rings. The van der Waals surface area contributed by atoms with Gasteiger partial charge in [0.05, 0.1) is 6.54 Å². The first-order valence-corrected chi connectivity index (χ1v) is 10.1. The summed E-state index contributed by atoms with van der Waals surface area (Å²) in [4.78, 5) is 41.7. The molecule has 0 atom stereocenters. The SMILES string of the molecule is COCCCN(C(=O)/C=C/c1ccc(C)o1)c1c(N)n(Cc2ccccc2)c(=O)[nH]c1=O. The summed E-state index contributed by atoms with van der Waals surface area (Å²) >= 11 is 0. The molecule has 0 spiro atoms. The zero-order chi connectivity index (χ0) is 23.1. The van der Waals surface area contributed by atoms with E-state index in [1.165, 1.54) is 21.6 Å². The fraction of sp³-hybridized carbons (Fsp3) is 0.261. The van der Waals surface area contributed by atoms with Crippen LogP contribution >= 0.6 is 0 Å². The summed E-state index contributed by atoms with van der Waals surface area (Å²) in [6, 6.07) is 12.7. The van der Waals surface area contributed by atoms with E-state index in [0.29, 0.717) is 24.5 Å². The van der Waals surface area contributed by atoms with Gasteiger partial charge in [0.1, 0.15) is 17.3 Å². The average Bonchev–Trinajstić information content (AvgIpc) is 3.19. The first-order chi connectivity index (χ1) is 15.4. The number of carbonyl (C=O) groups excluding carboxylic acids is 1. The number of aromatic amines is 1. The van der Waals surface area contributed by atoms with Crippen LogP contribution in [0.3, 0.4) is 0 Å². The Kier molecular flexibility index (Phi) is 7.45. The Hall–Kier alpha value is -3.85. The van der Waals surface area contributed by atoms with Crippen LogP contribution in [0.15, 0.2) is 62.5 Å². The van der Waals surface area contributed by atoms with Crippen LogP contribution < -0.4 is 21.9 Å². The molecule has 3 N–H and O–H groups in total. The van der Waals surface area contributed by atoms with Gasteiger partial charge in [-0.15, -0.1) is 0 Å². The van der Waals surface area contributed by atoms with Crippen LogP contribution in [-0.2, 0) is 16.1 Å². The highest BCUT2D eigenvalue weighted by Crippen LogP contribution is 2.19. The quantitative estimate of drug-likeness (QED) is 0.390. The highest BCUT2D eigenvalue weighted by Gasteiger charge is 2.23. The number of nitrogens with zero attached hydrogens (tertiary/aromatic N) is 2. The van der Waals surface area contributed by atoms with Crippen molar-refractivity contribution < 1.29 is 13.9 Å². The molecule has 9 nitrogen and oxygen atoms in total. The van der Waals surface area contributed by atoms with Crippen molar-refractivity contribution in [1.29, 1.82) is 0 Å². The number of H-pyrrole nitrogens is 1. The molecule has 0 unspecified atom stereocenters. The van der Waals surface area contributed by atoms with Gasteiger partial charge in [-0.25, -0.2) is 4.79 Å². The predicted molar refractivity (Wildman–Crippen MR) is 123 cm³/mol. The minimum absolute atomic E-state index is 0.0816. The smallest absolute Gasteiger partial charge is 0.330 e. The summed E-state index contributed by atoms with van der Waals surface area (Å²) < 4.78 is 11.8. The zero-order valence-corrected chi connectivity index (χ0v) is 18.0. The number of aromatic nitrogens is 2. The molecule has 32 heavy (non-hydrogen) atoms. The summed E-state index contributed by atoms with van der Waals surface area (Å²) in [7, 11) is 1.55. The van der Waals surface area contributed by atoms with Gasteiger partial charge in [-0.1, -0.05) is 30.3 Å². The number of anilines is 2. The third-order valence-electron chi connectivity index (χ3n) is 4.82. The molecule has 2 heterocycles. The first-order valence-electron chi connectivity index (χ1n) is 10.1. The van der Waals surface area contributed by atoms with E-state index >= 15 is 0 Å². The fourth-order valence-corrected chi connectivity index (χ4v) is 3.25. The average molecular weight is 438 g/mol. The molecular weight excluding hydrogens is 412 g/mol. The number of benzene rings is 1. The van der Waals surface area contributed by atoms with Gasteiger partial charge in [0, 0.05) is 26.3 Å². The standard InChI is InChI=1S/C23H26N4O5/c1-16-9-10-18(32-16)11-12-19(28)26(13-6-14-31-2)20-21(24)27(23(30)25-22(20)29)15-17-7-4-3-5-8-17/h3-5,7-12H,6,13-15,24H2,1-2H3,(H,25,29,30)/b12-11+. The molecule has 0 saturated carbocycles. The lowest BCUT2D eigenvalue weighted by Gasteiger charge is -2.23. The lowest BCUT2D eigenvalue weighted by Crippen LogP contribution is -2.41. The van der Waals surface area contributed by atoms with Crippen molar-refractivity contribution in [1.82, 2.24) is 9.55 Å². The topological polar surface area (TPSA) is 124 Å². The van der Waals surface area contributed by atoms with Gasteiger partial charge in [-0.2, -0.15) is 0 Å². The number of ether oxygens (including phenoxy) is 1. The summed E-state index contributed by atoms with van der Waals surface area (Å²) in [5.41, 5.74) is 5.62. The number of amides is 1. The molecule has 3 rings (SSSR count). The molecule has 0 bridgehead atoms. The Morgan fingerprint density at radius 1 is 1.22 bits per heavy atom. The second-order valence-corrected chi connectivity index (χ2v) is 7.18. The molecule has 2 aromatic heterocycles. The maximum Gasteiger partial charge on any atom is 0.330 e. The monoisotopic (exact) mass is 438 g/mol. The Bertz CT molecular complexity index is 1210. The Morgan fingerprint density at radius 3 is 2.62 bits per heavy atom. The predicted octanol–water partition coefficient (Wildman–Crippen LogP) is 2.15. The van der Waals surface area contributed by atoms with Crippen LogP contribution in [0.4, 0.5) is 11.5 Å². The van der Waals surface area contributed by atoms with Gasteiger partial charge in [-0.05, 0) is 37.1 Å². The van der Waals surface area contributed by atoms with E-state index in [1.54, 1.807) is 26.2 Å². The van der Waals surface area contributed by atoms with E-state index in [-0.39, 0.29) is 24.6 Å². The first kappa shape index (κ1) is 22.8. The van der Waals surface area contributed by atoms with Crippen molar-refractivity contribution in [3.63, 3.8) is 0 Å². The van der Waals surface area contributed by atoms with E-state index in [9.17, 15) is 14.4 Å². The van der Waals surface area contributed by atoms with Gasteiger partial charge >= 0.3 is 5.69 Å². The normalized spacial score (nSPS) is 11.2. The number of nitrogens with two attached hydrogens (primary N) is 1. The number of carbonyl (C=O) groups is 1. The molecule has 168 valence electrons. The third-order valence-corrected chi connectivity index (χ3v) is 4.82. The number of aryl methyl sites for hydroxylation is 1. The van der Waals surface area contributed by atoms with Crippen LogP contribution in [-0.4, -0.2) is 35.7 Å². The van der Waals surface area contributed by atoms with Gasteiger partial charge in [0.2, 0.25) is 0 Å². The highest BCUT2D eigenvalue weighted by molar-refractivity contribution is 6.04. The number of nitrogens with one attached hydrogen (secondary N) is 1. The van der Waals surface area contributed by atoms with Crippen LogP contribution in [0.5, 0.6) is 0 Å². The van der Waals surface area contributed by atoms with Crippen LogP contribution in [0.25, 0.3) is 6.08 Å². The molecule has 0 saturated heterocycles.